The van der Waals surface area contributed by atoms with Gasteiger partial charge in [0.25, 0.3) is 0 Å². The van der Waals surface area contributed by atoms with Crippen molar-refractivity contribution in [1.82, 2.24) is 5.32 Å². The normalized spacial score (nSPS) is 11.9. The number of ether oxygens (including phenoxy) is 1. The van der Waals surface area contributed by atoms with E-state index < -0.39 is 5.97 Å². The molecule has 0 heterocycles. The van der Waals surface area contributed by atoms with Gasteiger partial charge in [-0.2, -0.15) is 0 Å². The Labute approximate surface area is 124 Å². The van der Waals surface area contributed by atoms with Gasteiger partial charge in [-0.05, 0) is 30.2 Å². The van der Waals surface area contributed by atoms with Gasteiger partial charge < -0.3 is 15.2 Å². The first-order valence-electron chi connectivity index (χ1n) is 6.87. The second-order valence-corrected chi connectivity index (χ2v) is 4.84. The lowest BCUT2D eigenvalue weighted by atomic mass is 10.1. The first-order chi connectivity index (χ1) is 10.1. The van der Waals surface area contributed by atoms with Crippen molar-refractivity contribution < 1.29 is 14.6 Å². The van der Waals surface area contributed by atoms with E-state index in [-0.39, 0.29) is 12.6 Å². The Morgan fingerprint density at radius 2 is 1.81 bits per heavy atom. The average molecular weight is 285 g/mol. The number of benzene rings is 2. The highest BCUT2D eigenvalue weighted by Gasteiger charge is 2.06. The van der Waals surface area contributed by atoms with E-state index in [4.69, 9.17) is 9.84 Å². The molecule has 1 unspecified atom stereocenters. The standard InChI is InChI=1S/C17H19NO3/c1-13(18-11-17(19)20)15-7-9-16(10-8-15)21-12-14-5-3-2-4-6-14/h2-10,13,18H,11-12H2,1H3,(H,19,20). The van der Waals surface area contributed by atoms with Crippen LogP contribution in [0.5, 0.6) is 5.75 Å². The molecule has 0 saturated heterocycles. The molecule has 0 aliphatic carbocycles. The Morgan fingerprint density at radius 3 is 2.43 bits per heavy atom. The molecule has 0 radical (unpaired) electrons. The maximum absolute atomic E-state index is 10.5. The van der Waals surface area contributed by atoms with E-state index in [1.165, 1.54) is 0 Å². The summed E-state index contributed by atoms with van der Waals surface area (Å²) < 4.78 is 5.71. The van der Waals surface area contributed by atoms with Crippen LogP contribution in [0, 0.1) is 0 Å². The van der Waals surface area contributed by atoms with Crippen molar-refractivity contribution in [3.05, 3.63) is 65.7 Å². The number of carboxylic acid groups (broad SMARTS) is 1. The van der Waals surface area contributed by atoms with E-state index in [0.29, 0.717) is 6.61 Å². The van der Waals surface area contributed by atoms with Gasteiger partial charge in [-0.15, -0.1) is 0 Å². The molecule has 21 heavy (non-hydrogen) atoms. The SMILES string of the molecule is CC(NCC(=O)O)c1ccc(OCc2ccccc2)cc1. The third kappa shape index (κ3) is 4.93. The predicted octanol–water partition coefficient (Wildman–Crippen LogP) is 3.00. The fourth-order valence-corrected chi connectivity index (χ4v) is 1.95. The number of carbonyl (C=O) groups is 1. The second kappa shape index (κ2) is 7.45. The van der Waals surface area contributed by atoms with Crippen molar-refractivity contribution in [1.29, 1.82) is 0 Å². The predicted molar refractivity (Wildman–Crippen MR) is 81.3 cm³/mol. The molecule has 0 fully saturated rings. The fraction of sp³-hybridized carbons (Fsp3) is 0.235. The first-order valence-corrected chi connectivity index (χ1v) is 6.87. The van der Waals surface area contributed by atoms with Crippen LogP contribution in [0.2, 0.25) is 0 Å². The zero-order valence-electron chi connectivity index (χ0n) is 12.0. The van der Waals surface area contributed by atoms with Crippen molar-refractivity contribution in [3.63, 3.8) is 0 Å². The molecule has 0 spiro atoms. The molecule has 0 bridgehead atoms. The molecular weight excluding hydrogens is 266 g/mol. The van der Waals surface area contributed by atoms with Crippen LogP contribution in [0.25, 0.3) is 0 Å². The Morgan fingerprint density at radius 1 is 1.14 bits per heavy atom. The third-order valence-corrected chi connectivity index (χ3v) is 3.19. The second-order valence-electron chi connectivity index (χ2n) is 4.84. The van der Waals surface area contributed by atoms with Gasteiger partial charge in [0.15, 0.2) is 0 Å². The first kappa shape index (κ1) is 15.1. The van der Waals surface area contributed by atoms with Crippen LogP contribution < -0.4 is 10.1 Å². The summed E-state index contributed by atoms with van der Waals surface area (Å²) >= 11 is 0. The van der Waals surface area contributed by atoms with Crippen LogP contribution in [0.15, 0.2) is 54.6 Å². The topological polar surface area (TPSA) is 58.6 Å². The van der Waals surface area contributed by atoms with Crippen molar-refractivity contribution in [3.8, 4) is 5.75 Å². The largest absolute Gasteiger partial charge is 0.489 e. The Hall–Kier alpha value is -2.33. The van der Waals surface area contributed by atoms with E-state index in [9.17, 15) is 4.79 Å². The van der Waals surface area contributed by atoms with Gasteiger partial charge in [-0.1, -0.05) is 42.5 Å². The van der Waals surface area contributed by atoms with E-state index in [2.05, 4.69) is 5.32 Å². The number of aliphatic carboxylic acids is 1. The summed E-state index contributed by atoms with van der Waals surface area (Å²) in [4.78, 5) is 10.5. The van der Waals surface area contributed by atoms with Gasteiger partial charge in [-0.25, -0.2) is 0 Å². The summed E-state index contributed by atoms with van der Waals surface area (Å²) in [7, 11) is 0. The fourth-order valence-electron chi connectivity index (χ4n) is 1.95. The number of nitrogens with one attached hydrogen (secondary N) is 1. The minimum absolute atomic E-state index is 0.00993. The van der Waals surface area contributed by atoms with Gasteiger partial charge in [0, 0.05) is 6.04 Å². The maximum Gasteiger partial charge on any atom is 0.317 e. The van der Waals surface area contributed by atoms with Crippen LogP contribution >= 0.6 is 0 Å². The smallest absolute Gasteiger partial charge is 0.317 e. The molecule has 0 aromatic heterocycles. The summed E-state index contributed by atoms with van der Waals surface area (Å²) in [6, 6.07) is 17.7. The number of carboxylic acids is 1. The molecule has 110 valence electrons. The Bertz CT molecular complexity index is 566. The minimum Gasteiger partial charge on any atom is -0.489 e. The zero-order chi connectivity index (χ0) is 15.1. The molecule has 0 aliphatic rings. The lowest BCUT2D eigenvalue weighted by Gasteiger charge is -2.13. The summed E-state index contributed by atoms with van der Waals surface area (Å²) in [5.74, 6) is -0.0577. The molecule has 4 nitrogen and oxygen atoms in total. The molecule has 0 saturated carbocycles. The number of hydrogen-bond donors (Lipinski definition) is 2. The Balaban J connectivity index is 1.88. The van der Waals surface area contributed by atoms with Crippen LogP contribution in [0.3, 0.4) is 0 Å². The maximum atomic E-state index is 10.5. The van der Waals surface area contributed by atoms with Gasteiger partial charge in [0.2, 0.25) is 0 Å². The number of hydrogen-bond acceptors (Lipinski definition) is 3. The highest BCUT2D eigenvalue weighted by atomic mass is 16.5. The molecule has 4 heteroatoms. The summed E-state index contributed by atoms with van der Waals surface area (Å²) in [5.41, 5.74) is 2.15. The number of rotatable bonds is 7. The van der Waals surface area contributed by atoms with E-state index in [1.807, 2.05) is 61.5 Å². The van der Waals surface area contributed by atoms with Crippen LogP contribution in [0.4, 0.5) is 0 Å². The molecule has 0 amide bonds. The molecule has 2 aromatic rings. The van der Waals surface area contributed by atoms with E-state index in [1.54, 1.807) is 0 Å². The van der Waals surface area contributed by atoms with Gasteiger partial charge >= 0.3 is 5.97 Å². The van der Waals surface area contributed by atoms with Crippen molar-refractivity contribution in [2.45, 2.75) is 19.6 Å². The van der Waals surface area contributed by atoms with Crippen LogP contribution in [-0.2, 0) is 11.4 Å². The van der Waals surface area contributed by atoms with Gasteiger partial charge in [0.05, 0.1) is 6.54 Å². The lowest BCUT2D eigenvalue weighted by Crippen LogP contribution is -2.25. The third-order valence-electron chi connectivity index (χ3n) is 3.19. The molecule has 1 atom stereocenters. The van der Waals surface area contributed by atoms with Gasteiger partial charge in [0.1, 0.15) is 12.4 Å². The van der Waals surface area contributed by atoms with Gasteiger partial charge in [-0.3, -0.25) is 4.79 Å². The highest BCUT2D eigenvalue weighted by Crippen LogP contribution is 2.18. The van der Waals surface area contributed by atoms with E-state index in [0.717, 1.165) is 16.9 Å². The van der Waals surface area contributed by atoms with E-state index >= 15 is 0 Å². The lowest BCUT2D eigenvalue weighted by molar-refractivity contribution is -0.136. The summed E-state index contributed by atoms with van der Waals surface area (Å²) in [6.07, 6.45) is 0. The highest BCUT2D eigenvalue weighted by molar-refractivity contribution is 5.69. The molecule has 0 aliphatic heterocycles. The monoisotopic (exact) mass is 285 g/mol. The average Bonchev–Trinajstić information content (AvgIpc) is 2.52. The van der Waals surface area contributed by atoms with Crippen molar-refractivity contribution >= 4 is 5.97 Å². The zero-order valence-corrected chi connectivity index (χ0v) is 12.0. The molecule has 2 aromatic carbocycles. The quantitative estimate of drug-likeness (QED) is 0.821. The van der Waals surface area contributed by atoms with Crippen LogP contribution in [-0.4, -0.2) is 17.6 Å². The summed E-state index contributed by atoms with van der Waals surface area (Å²) in [6.45, 7) is 2.42. The minimum atomic E-state index is -0.857. The van der Waals surface area contributed by atoms with Crippen molar-refractivity contribution in [2.24, 2.45) is 0 Å². The van der Waals surface area contributed by atoms with Crippen LogP contribution in [0.1, 0.15) is 24.1 Å². The molecule has 2 rings (SSSR count). The Kier molecular flexibility index (Phi) is 5.35. The van der Waals surface area contributed by atoms with Crippen molar-refractivity contribution in [2.75, 3.05) is 6.54 Å². The molecule has 2 N–H and O–H groups in total. The summed E-state index contributed by atoms with van der Waals surface area (Å²) in [5, 5.41) is 11.6. The molecular formula is C17H19NO3.